The first-order valence-electron chi connectivity index (χ1n) is 9.55. The van der Waals surface area contributed by atoms with Crippen molar-refractivity contribution in [1.29, 1.82) is 0 Å². The molecule has 0 radical (unpaired) electrons. The number of non-ortho nitro benzene ring substituents is 1. The first-order chi connectivity index (χ1) is 13.7. The molecule has 0 atom stereocenters. The van der Waals surface area contributed by atoms with Gasteiger partial charge in [0.1, 0.15) is 5.69 Å². The van der Waals surface area contributed by atoms with Crippen molar-refractivity contribution in [1.82, 2.24) is 14.7 Å². The Labute approximate surface area is 171 Å². The Morgan fingerprint density at radius 1 is 1.21 bits per heavy atom. The molecule has 1 aromatic heterocycles. The molecule has 7 heteroatoms. The molecule has 0 fully saturated rings. The van der Waals surface area contributed by atoms with Crippen LogP contribution >= 0.6 is 0 Å². The molecule has 0 aliphatic heterocycles. The number of allylic oxidation sites excluding steroid dienone is 3. The van der Waals surface area contributed by atoms with Gasteiger partial charge in [-0.1, -0.05) is 23.3 Å². The van der Waals surface area contributed by atoms with Gasteiger partial charge in [-0.3, -0.25) is 14.9 Å². The molecule has 154 valence electrons. The molecule has 0 aliphatic carbocycles. The van der Waals surface area contributed by atoms with E-state index in [-0.39, 0.29) is 11.6 Å². The summed E-state index contributed by atoms with van der Waals surface area (Å²) in [5.41, 5.74) is 4.27. The zero-order chi connectivity index (χ0) is 21.6. The molecule has 1 amide bonds. The van der Waals surface area contributed by atoms with Gasteiger partial charge in [0.25, 0.3) is 11.6 Å². The van der Waals surface area contributed by atoms with E-state index < -0.39 is 4.92 Å². The van der Waals surface area contributed by atoms with Crippen molar-refractivity contribution in [2.45, 2.75) is 40.5 Å². The van der Waals surface area contributed by atoms with Crippen molar-refractivity contribution < 1.29 is 9.72 Å². The van der Waals surface area contributed by atoms with Crippen molar-refractivity contribution in [3.05, 3.63) is 75.1 Å². The number of carbonyl (C=O) groups is 1. The summed E-state index contributed by atoms with van der Waals surface area (Å²) in [5.74, 6) is -0.155. The molecule has 0 saturated carbocycles. The Bertz CT molecular complexity index is 935. The fourth-order valence-corrected chi connectivity index (χ4v) is 2.83. The largest absolute Gasteiger partial charge is 0.337 e. The van der Waals surface area contributed by atoms with Crippen molar-refractivity contribution in [3.8, 4) is 5.69 Å². The van der Waals surface area contributed by atoms with E-state index in [1.54, 1.807) is 30.1 Å². The van der Waals surface area contributed by atoms with Crippen LogP contribution in [0.5, 0.6) is 0 Å². The summed E-state index contributed by atoms with van der Waals surface area (Å²) in [7, 11) is 1.75. The van der Waals surface area contributed by atoms with Crippen LogP contribution in [0.3, 0.4) is 0 Å². The summed E-state index contributed by atoms with van der Waals surface area (Å²) < 4.78 is 1.53. The van der Waals surface area contributed by atoms with Crippen LogP contribution in [0.15, 0.2) is 53.6 Å². The highest BCUT2D eigenvalue weighted by molar-refractivity contribution is 5.93. The molecule has 0 unspecified atom stereocenters. The van der Waals surface area contributed by atoms with Gasteiger partial charge in [-0.25, -0.2) is 4.68 Å². The van der Waals surface area contributed by atoms with E-state index in [2.05, 4.69) is 38.0 Å². The van der Waals surface area contributed by atoms with E-state index in [1.807, 2.05) is 6.92 Å². The molecule has 1 aromatic carbocycles. The molecule has 2 rings (SSSR count). The van der Waals surface area contributed by atoms with Crippen LogP contribution in [0, 0.1) is 17.0 Å². The van der Waals surface area contributed by atoms with Crippen molar-refractivity contribution in [2.75, 3.05) is 13.6 Å². The quantitative estimate of drug-likeness (QED) is 0.363. The number of nitrogens with zero attached hydrogens (tertiary/aromatic N) is 4. The van der Waals surface area contributed by atoms with E-state index in [4.69, 9.17) is 0 Å². The third-order valence-electron chi connectivity index (χ3n) is 4.51. The Morgan fingerprint density at radius 2 is 1.86 bits per heavy atom. The maximum absolute atomic E-state index is 13.0. The van der Waals surface area contributed by atoms with Gasteiger partial charge in [0.05, 0.1) is 16.3 Å². The maximum atomic E-state index is 13.0. The van der Waals surface area contributed by atoms with E-state index in [1.165, 1.54) is 28.0 Å². The summed E-state index contributed by atoms with van der Waals surface area (Å²) in [4.78, 5) is 25.0. The van der Waals surface area contributed by atoms with Crippen LogP contribution in [-0.2, 0) is 0 Å². The highest BCUT2D eigenvalue weighted by atomic mass is 16.6. The number of aromatic nitrogens is 2. The minimum Gasteiger partial charge on any atom is -0.337 e. The van der Waals surface area contributed by atoms with Crippen molar-refractivity contribution in [3.63, 3.8) is 0 Å². The SMILES string of the molecule is CC(C)=CCC/C(C)=C/CN(C)C(=O)c1cc(C)nn1-c1ccc([N+](=O)[O-])cc1. The average molecular weight is 396 g/mol. The number of rotatable bonds is 8. The Morgan fingerprint density at radius 3 is 2.45 bits per heavy atom. The summed E-state index contributed by atoms with van der Waals surface area (Å²) in [6.45, 7) is 8.56. The summed E-state index contributed by atoms with van der Waals surface area (Å²) >= 11 is 0. The van der Waals surface area contributed by atoms with Crippen LogP contribution in [0.1, 0.15) is 49.8 Å². The predicted octanol–water partition coefficient (Wildman–Crippen LogP) is 4.85. The van der Waals surface area contributed by atoms with E-state index in [0.29, 0.717) is 23.6 Å². The van der Waals surface area contributed by atoms with Gasteiger partial charge in [0.2, 0.25) is 0 Å². The monoisotopic (exact) mass is 396 g/mol. The molecule has 0 N–H and O–H groups in total. The first-order valence-corrected chi connectivity index (χ1v) is 9.55. The lowest BCUT2D eigenvalue weighted by Crippen LogP contribution is -2.29. The van der Waals surface area contributed by atoms with Gasteiger partial charge >= 0.3 is 0 Å². The Balaban J connectivity index is 2.14. The fraction of sp³-hybridized carbons (Fsp3) is 0.364. The molecule has 0 saturated heterocycles. The first kappa shape index (κ1) is 22.1. The molecule has 1 heterocycles. The van der Waals surface area contributed by atoms with Gasteiger partial charge in [0.15, 0.2) is 0 Å². The van der Waals surface area contributed by atoms with Crippen molar-refractivity contribution >= 4 is 11.6 Å². The number of likely N-dealkylation sites (N-methyl/N-ethyl adjacent to an activating group) is 1. The standard InChI is InChI=1S/C22H28N4O3/c1-16(2)7-6-8-17(3)13-14-24(5)22(27)21-15-18(4)23-25(21)19-9-11-20(12-10-19)26(28)29/h7,9-13,15H,6,8,14H2,1-5H3/b17-13+. The Kier molecular flexibility index (Phi) is 7.47. The molecule has 7 nitrogen and oxygen atoms in total. The summed E-state index contributed by atoms with van der Waals surface area (Å²) in [6.07, 6.45) is 6.23. The second-order valence-corrected chi connectivity index (χ2v) is 7.41. The second kappa shape index (κ2) is 9.82. The molecule has 29 heavy (non-hydrogen) atoms. The molecule has 2 aromatic rings. The van der Waals surface area contributed by atoms with Gasteiger partial charge in [-0.05, 0) is 58.7 Å². The van der Waals surface area contributed by atoms with Crippen LogP contribution in [0.25, 0.3) is 5.69 Å². The number of aryl methyl sites for hydroxylation is 1. The summed E-state index contributed by atoms with van der Waals surface area (Å²) in [6, 6.07) is 7.72. The lowest BCUT2D eigenvalue weighted by molar-refractivity contribution is -0.384. The second-order valence-electron chi connectivity index (χ2n) is 7.41. The molecule has 0 bridgehead atoms. The number of amides is 1. The number of nitro groups is 1. The molecule has 0 spiro atoms. The number of hydrogen-bond donors (Lipinski definition) is 0. The van der Waals surface area contributed by atoms with Gasteiger partial charge in [0, 0.05) is 25.7 Å². The number of carbonyl (C=O) groups excluding carboxylic acids is 1. The van der Waals surface area contributed by atoms with Crippen LogP contribution < -0.4 is 0 Å². The highest BCUT2D eigenvalue weighted by Gasteiger charge is 2.19. The summed E-state index contributed by atoms with van der Waals surface area (Å²) in [5, 5.41) is 15.2. The van der Waals surface area contributed by atoms with E-state index in [0.717, 1.165) is 12.8 Å². The van der Waals surface area contributed by atoms with E-state index >= 15 is 0 Å². The number of benzene rings is 1. The smallest absolute Gasteiger partial charge is 0.272 e. The third-order valence-corrected chi connectivity index (χ3v) is 4.51. The van der Waals surface area contributed by atoms with Gasteiger partial charge in [-0.2, -0.15) is 5.10 Å². The molecule has 0 aliphatic rings. The fourth-order valence-electron chi connectivity index (χ4n) is 2.83. The normalized spacial score (nSPS) is 11.3. The predicted molar refractivity (Wildman–Crippen MR) is 114 cm³/mol. The number of hydrogen-bond acceptors (Lipinski definition) is 4. The molecular formula is C22H28N4O3. The lowest BCUT2D eigenvalue weighted by Gasteiger charge is -2.16. The Hall–Kier alpha value is -3.22. The maximum Gasteiger partial charge on any atom is 0.272 e. The number of nitro benzene ring substituents is 1. The van der Waals surface area contributed by atoms with Crippen LogP contribution in [0.4, 0.5) is 5.69 Å². The lowest BCUT2D eigenvalue weighted by atomic mass is 10.1. The van der Waals surface area contributed by atoms with Gasteiger partial charge < -0.3 is 4.90 Å². The third kappa shape index (κ3) is 6.14. The van der Waals surface area contributed by atoms with E-state index in [9.17, 15) is 14.9 Å². The average Bonchev–Trinajstić information content (AvgIpc) is 3.06. The minimum atomic E-state index is -0.454. The van der Waals surface area contributed by atoms with Crippen LogP contribution in [0.2, 0.25) is 0 Å². The topological polar surface area (TPSA) is 81.3 Å². The zero-order valence-electron chi connectivity index (χ0n) is 17.7. The van der Waals surface area contributed by atoms with Crippen LogP contribution in [-0.4, -0.2) is 39.1 Å². The zero-order valence-corrected chi connectivity index (χ0v) is 17.7. The van der Waals surface area contributed by atoms with Gasteiger partial charge in [-0.15, -0.1) is 0 Å². The minimum absolute atomic E-state index is 0.00338. The highest BCUT2D eigenvalue weighted by Crippen LogP contribution is 2.18. The van der Waals surface area contributed by atoms with Crippen molar-refractivity contribution in [2.24, 2.45) is 0 Å². The molecular weight excluding hydrogens is 368 g/mol.